The first kappa shape index (κ1) is 25.0. The lowest BCUT2D eigenvalue weighted by molar-refractivity contribution is -0.173. The van der Waals surface area contributed by atoms with Crippen LogP contribution in [0.5, 0.6) is 17.2 Å². The Labute approximate surface area is 248 Å². The van der Waals surface area contributed by atoms with Crippen molar-refractivity contribution in [3.63, 3.8) is 0 Å². The Morgan fingerprint density at radius 2 is 2.05 bits per heavy atom. The lowest BCUT2D eigenvalue weighted by Gasteiger charge is -2.62. The van der Waals surface area contributed by atoms with Crippen molar-refractivity contribution in [2.75, 3.05) is 13.1 Å². The number of fused-ring (bicyclic) bond motifs is 4. The van der Waals surface area contributed by atoms with Gasteiger partial charge in [-0.15, -0.1) is 0 Å². The molecule has 2 unspecified atom stereocenters. The molecule has 4 atom stereocenters. The monoisotopic (exact) mass is 573 g/mol. The van der Waals surface area contributed by atoms with Crippen molar-refractivity contribution in [1.29, 1.82) is 5.26 Å². The van der Waals surface area contributed by atoms with Crippen LogP contribution in [0.15, 0.2) is 65.7 Å². The number of H-pyrrole nitrogens is 1. The average Bonchev–Trinajstić information content (AvgIpc) is 3.65. The van der Waals surface area contributed by atoms with Gasteiger partial charge in [-0.3, -0.25) is 4.90 Å². The molecule has 9 nitrogen and oxygen atoms in total. The van der Waals surface area contributed by atoms with E-state index >= 15 is 0 Å². The van der Waals surface area contributed by atoms with Crippen LogP contribution >= 0.6 is 0 Å². The van der Waals surface area contributed by atoms with Crippen molar-refractivity contribution in [3.8, 4) is 23.4 Å². The third kappa shape index (κ3) is 3.42. The first-order chi connectivity index (χ1) is 21.0. The maximum Gasteiger partial charge on any atom is 0.309 e. The number of phenolic OH excluding ortho intramolecular Hbond substituents is 1. The van der Waals surface area contributed by atoms with E-state index in [1.807, 2.05) is 48.7 Å². The van der Waals surface area contributed by atoms with Crippen LogP contribution < -0.4 is 14.8 Å². The number of para-hydroxylation sites is 1. The Bertz CT molecular complexity index is 1880. The zero-order chi connectivity index (χ0) is 28.9. The predicted octanol–water partition coefficient (Wildman–Crippen LogP) is 4.71. The van der Waals surface area contributed by atoms with Gasteiger partial charge in [0.25, 0.3) is 0 Å². The second-order valence-electron chi connectivity index (χ2n) is 12.7. The van der Waals surface area contributed by atoms with E-state index in [4.69, 9.17) is 9.47 Å². The van der Waals surface area contributed by atoms with Crippen LogP contribution in [-0.4, -0.2) is 50.9 Å². The fourth-order valence-electron chi connectivity index (χ4n) is 8.52. The highest BCUT2D eigenvalue weighted by atomic mass is 16.5. The molecule has 1 saturated carbocycles. The largest absolute Gasteiger partial charge is 0.504 e. The number of hydrogen-bond acceptors (Lipinski definition) is 7. The lowest BCUT2D eigenvalue weighted by atomic mass is 9.49. The Hall–Kier alpha value is -4.52. The molecule has 2 bridgehead atoms. The van der Waals surface area contributed by atoms with Crippen molar-refractivity contribution < 1.29 is 19.7 Å². The smallest absolute Gasteiger partial charge is 0.309 e. The second kappa shape index (κ2) is 8.75. The number of aliphatic imine (C=N–C) groups is 1. The van der Waals surface area contributed by atoms with Crippen LogP contribution in [-0.2, 0) is 18.3 Å². The molecular formula is C34H31N5O4. The average molecular weight is 574 g/mol. The van der Waals surface area contributed by atoms with Crippen molar-refractivity contribution in [2.45, 2.75) is 55.3 Å². The molecule has 3 aromatic carbocycles. The Kier molecular flexibility index (Phi) is 5.09. The fourth-order valence-corrected chi connectivity index (χ4v) is 8.52. The molecular weight excluding hydrogens is 542 g/mol. The Morgan fingerprint density at radius 1 is 1.19 bits per heavy atom. The van der Waals surface area contributed by atoms with Gasteiger partial charge in [-0.25, -0.2) is 5.32 Å². The molecule has 9 rings (SSSR count). The van der Waals surface area contributed by atoms with E-state index in [1.54, 1.807) is 18.2 Å². The highest BCUT2D eigenvalue weighted by Gasteiger charge is 2.72. The van der Waals surface area contributed by atoms with E-state index in [1.165, 1.54) is 18.4 Å². The van der Waals surface area contributed by atoms with Crippen LogP contribution in [0.25, 0.3) is 10.9 Å². The molecule has 3 heterocycles. The molecule has 4 N–H and O–H groups in total. The zero-order valence-electron chi connectivity index (χ0n) is 23.5. The number of amidine groups is 1. The summed E-state index contributed by atoms with van der Waals surface area (Å²) in [7, 11) is 0. The number of ether oxygens (including phenoxy) is 2. The topological polar surface area (TPSA) is 126 Å². The molecule has 0 radical (unpaired) electrons. The predicted molar refractivity (Wildman–Crippen MR) is 159 cm³/mol. The number of nitrogens with zero attached hydrogens (tertiary/aromatic N) is 3. The summed E-state index contributed by atoms with van der Waals surface area (Å²) in [4.78, 5) is 10.8. The van der Waals surface area contributed by atoms with E-state index in [0.29, 0.717) is 29.5 Å². The molecule has 1 spiro atoms. The summed E-state index contributed by atoms with van der Waals surface area (Å²) in [5.41, 5.74) is 3.99. The third-order valence-corrected chi connectivity index (χ3v) is 10.5. The van der Waals surface area contributed by atoms with Crippen molar-refractivity contribution in [3.05, 3.63) is 83.0 Å². The molecule has 3 aliphatic carbocycles. The van der Waals surface area contributed by atoms with Gasteiger partial charge < -0.3 is 24.7 Å². The van der Waals surface area contributed by atoms with E-state index in [-0.39, 0.29) is 17.8 Å². The maximum atomic E-state index is 13.1. The molecule has 1 aromatic heterocycles. The molecule has 9 heteroatoms. The summed E-state index contributed by atoms with van der Waals surface area (Å²) in [5.74, 6) is 1.94. The molecule has 5 aliphatic rings. The number of phenols is 1. The van der Waals surface area contributed by atoms with E-state index in [2.05, 4.69) is 20.2 Å². The number of likely N-dealkylation sites (tertiary alicyclic amines) is 1. The molecule has 0 amide bonds. The van der Waals surface area contributed by atoms with Gasteiger partial charge in [0.15, 0.2) is 23.8 Å². The number of piperidine rings is 1. The summed E-state index contributed by atoms with van der Waals surface area (Å²) in [5, 5.41) is 36.8. The van der Waals surface area contributed by atoms with Crippen LogP contribution in [0, 0.1) is 17.4 Å². The molecule has 4 aromatic rings. The van der Waals surface area contributed by atoms with E-state index in [0.717, 1.165) is 53.7 Å². The van der Waals surface area contributed by atoms with Crippen molar-refractivity contribution in [1.82, 2.24) is 15.2 Å². The van der Waals surface area contributed by atoms with Crippen molar-refractivity contribution in [2.24, 2.45) is 10.9 Å². The minimum Gasteiger partial charge on any atom is -0.504 e. The number of benzene rings is 3. The first-order valence-electron chi connectivity index (χ1n) is 15.1. The zero-order valence-corrected chi connectivity index (χ0v) is 23.5. The van der Waals surface area contributed by atoms with Gasteiger partial charge >= 0.3 is 6.02 Å². The first-order valence-corrected chi connectivity index (χ1v) is 15.1. The van der Waals surface area contributed by atoms with Crippen LogP contribution in [0.4, 0.5) is 5.69 Å². The van der Waals surface area contributed by atoms with Gasteiger partial charge in [0.2, 0.25) is 0 Å². The maximum absolute atomic E-state index is 13.1. The lowest BCUT2D eigenvalue weighted by Crippen LogP contribution is -2.74. The number of aliphatic hydroxyl groups is 1. The van der Waals surface area contributed by atoms with Gasteiger partial charge in [0.05, 0.1) is 22.4 Å². The van der Waals surface area contributed by atoms with E-state index in [9.17, 15) is 15.5 Å². The molecule has 2 aliphatic heterocycles. The summed E-state index contributed by atoms with van der Waals surface area (Å²) in [6, 6.07) is 18.8. The van der Waals surface area contributed by atoms with E-state index < -0.39 is 17.1 Å². The highest BCUT2D eigenvalue weighted by molar-refractivity contribution is 5.90. The van der Waals surface area contributed by atoms with Gasteiger partial charge in [-0.1, -0.05) is 24.3 Å². The fraction of sp³-hybridized carbons (Fsp3) is 0.353. The van der Waals surface area contributed by atoms with Crippen LogP contribution in [0.3, 0.4) is 0 Å². The minimum atomic E-state index is -1.07. The number of aromatic hydroxyl groups is 1. The summed E-state index contributed by atoms with van der Waals surface area (Å²) in [6.07, 6.45) is 5.97. The number of aromatic nitrogens is 1. The SMILES string of the molecule is N#CNC(=Nc1ccc2[nH]c3c(c2c1)C[C@@]1(O)C2Cc4ccc(O)c5c4[C@@]1(CCN2CC1CC1)C3O5)Oc1ccccc1. The number of nitriles is 1. The Balaban J connectivity index is 1.18. The second-order valence-corrected chi connectivity index (χ2v) is 12.7. The number of rotatable bonds is 4. The quantitative estimate of drug-likeness (QED) is 0.121. The Morgan fingerprint density at radius 3 is 2.86 bits per heavy atom. The highest BCUT2D eigenvalue weighted by Crippen LogP contribution is 2.69. The van der Waals surface area contributed by atoms with Crippen LogP contribution in [0.2, 0.25) is 0 Å². The number of nitrogens with one attached hydrogen (secondary N) is 2. The van der Waals surface area contributed by atoms with Gasteiger partial charge in [-0.05, 0) is 85.7 Å². The van der Waals surface area contributed by atoms with Gasteiger partial charge in [0, 0.05) is 35.5 Å². The van der Waals surface area contributed by atoms with Crippen LogP contribution in [0.1, 0.15) is 47.8 Å². The molecule has 1 saturated heterocycles. The standard InChI is InChI=1S/C34H31N5O4/c35-18-36-32(42-22-4-2-1-3-5-22)37-21-9-10-25-23(15-21)24-16-34(41)27-14-20-8-11-26(40)30-28(20)33(34,31(43-30)29(24)38-25)12-13-39(27)17-19-6-7-19/h1-5,8-11,15,19,27,31,38,40-41H,6-7,12-14,16-17H2,(H,36,37)/t27?,31?,33-,34+/m0/s1. The summed E-state index contributed by atoms with van der Waals surface area (Å²) in [6.45, 7) is 1.92. The molecule has 43 heavy (non-hydrogen) atoms. The number of aromatic amines is 1. The molecule has 216 valence electrons. The third-order valence-electron chi connectivity index (χ3n) is 10.5. The summed E-state index contributed by atoms with van der Waals surface area (Å²) < 4.78 is 12.5. The van der Waals surface area contributed by atoms with Gasteiger partial charge in [0.1, 0.15) is 5.75 Å². The minimum absolute atomic E-state index is 0.0408. The number of hydrogen-bond donors (Lipinski definition) is 4. The summed E-state index contributed by atoms with van der Waals surface area (Å²) >= 11 is 0. The normalized spacial score (nSPS) is 28.5. The molecule has 2 fully saturated rings. The van der Waals surface area contributed by atoms with Gasteiger partial charge in [-0.2, -0.15) is 10.3 Å². The van der Waals surface area contributed by atoms with Crippen molar-refractivity contribution >= 4 is 22.6 Å².